The summed E-state index contributed by atoms with van der Waals surface area (Å²) < 4.78 is 11.3. The largest absolute Gasteiger partial charge is 0.490 e. The molecule has 162 valence electrons. The Morgan fingerprint density at radius 1 is 1.06 bits per heavy atom. The maximum atomic E-state index is 12.2. The third-order valence-electron chi connectivity index (χ3n) is 4.32. The molecule has 3 aromatic carbocycles. The molecule has 0 radical (unpaired) electrons. The highest BCUT2D eigenvalue weighted by atomic mass is 35.5. The molecule has 1 N–H and O–H groups in total. The highest BCUT2D eigenvalue weighted by molar-refractivity contribution is 6.32. The molecule has 0 saturated carbocycles. The van der Waals surface area contributed by atoms with Crippen molar-refractivity contribution < 1.29 is 14.3 Å². The fourth-order valence-electron chi connectivity index (χ4n) is 2.91. The van der Waals surface area contributed by atoms with Crippen molar-refractivity contribution in [3.63, 3.8) is 0 Å². The van der Waals surface area contributed by atoms with Crippen LogP contribution >= 0.6 is 23.2 Å². The van der Waals surface area contributed by atoms with E-state index in [2.05, 4.69) is 11.4 Å². The van der Waals surface area contributed by atoms with Gasteiger partial charge in [0.15, 0.2) is 18.1 Å². The van der Waals surface area contributed by atoms with Crippen molar-refractivity contribution in [2.45, 2.75) is 6.92 Å². The van der Waals surface area contributed by atoms with Gasteiger partial charge in [-0.15, -0.1) is 0 Å². The predicted octanol–water partition coefficient (Wildman–Crippen LogP) is 6.47. The zero-order chi connectivity index (χ0) is 22.9. The highest BCUT2D eigenvalue weighted by Crippen LogP contribution is 2.37. The minimum atomic E-state index is -0.326. The Balaban J connectivity index is 1.82. The molecule has 1 amide bonds. The fraction of sp³-hybridized carbons (Fsp3) is 0.120. The second-order valence-electron chi connectivity index (χ2n) is 6.64. The number of nitrogens with zero attached hydrogens (tertiary/aromatic N) is 1. The quantitative estimate of drug-likeness (QED) is 0.304. The Bertz CT molecular complexity index is 1150. The SMILES string of the molecule is CCOc1cc(/C=C(\C#N)c2ccc(Cl)cc2)cc(Cl)c1OCC(=O)Nc1ccccc1. The predicted molar refractivity (Wildman–Crippen MR) is 128 cm³/mol. The standard InChI is InChI=1S/C25H20Cl2N2O3/c1-2-31-23-14-17(12-19(15-28)18-8-10-20(26)11-9-18)13-22(27)25(23)32-16-24(30)29-21-6-4-3-5-7-21/h3-14H,2,16H2,1H3,(H,29,30)/b19-12+. The second kappa shape index (κ2) is 11.2. The van der Waals surface area contributed by atoms with E-state index < -0.39 is 0 Å². The van der Waals surface area contributed by atoms with Gasteiger partial charge in [-0.3, -0.25) is 4.79 Å². The van der Waals surface area contributed by atoms with Crippen LogP contribution in [0.15, 0.2) is 66.7 Å². The van der Waals surface area contributed by atoms with Gasteiger partial charge in [0.05, 0.1) is 23.3 Å². The normalized spacial score (nSPS) is 10.9. The smallest absolute Gasteiger partial charge is 0.262 e. The molecular weight excluding hydrogens is 447 g/mol. The summed E-state index contributed by atoms with van der Waals surface area (Å²) in [5.41, 5.74) is 2.50. The lowest BCUT2D eigenvalue weighted by Gasteiger charge is -2.14. The summed E-state index contributed by atoms with van der Waals surface area (Å²) in [5.74, 6) is 0.319. The fourth-order valence-corrected chi connectivity index (χ4v) is 3.31. The molecule has 0 aliphatic carbocycles. The van der Waals surface area contributed by atoms with Crippen LogP contribution in [0, 0.1) is 11.3 Å². The Labute approximate surface area is 196 Å². The first-order valence-electron chi connectivity index (χ1n) is 9.82. The maximum Gasteiger partial charge on any atom is 0.262 e. The summed E-state index contributed by atoms with van der Waals surface area (Å²) in [4.78, 5) is 12.2. The molecule has 0 unspecified atom stereocenters. The molecule has 0 fully saturated rings. The number of carbonyl (C=O) groups is 1. The Morgan fingerprint density at radius 2 is 1.78 bits per heavy atom. The molecule has 5 nitrogen and oxygen atoms in total. The van der Waals surface area contributed by atoms with Gasteiger partial charge in [0.2, 0.25) is 0 Å². The number of nitrogens with one attached hydrogen (secondary N) is 1. The number of amides is 1. The summed E-state index contributed by atoms with van der Waals surface area (Å²) >= 11 is 12.4. The van der Waals surface area contributed by atoms with E-state index in [1.165, 1.54) is 0 Å². The van der Waals surface area contributed by atoms with Gasteiger partial charge >= 0.3 is 0 Å². The van der Waals surface area contributed by atoms with Crippen molar-refractivity contribution in [1.29, 1.82) is 5.26 Å². The summed E-state index contributed by atoms with van der Waals surface area (Å²) in [6.45, 7) is 1.97. The number of carbonyl (C=O) groups excluding carboxylic acids is 1. The van der Waals surface area contributed by atoms with Crippen molar-refractivity contribution >= 4 is 46.4 Å². The van der Waals surface area contributed by atoms with Gasteiger partial charge in [-0.05, 0) is 60.5 Å². The first-order valence-corrected chi connectivity index (χ1v) is 10.6. The summed E-state index contributed by atoms with van der Waals surface area (Å²) in [5, 5.41) is 13.2. The lowest BCUT2D eigenvalue weighted by Crippen LogP contribution is -2.20. The van der Waals surface area contributed by atoms with Crippen LogP contribution in [-0.2, 0) is 4.79 Å². The number of hydrogen-bond acceptors (Lipinski definition) is 4. The number of hydrogen-bond donors (Lipinski definition) is 1. The number of rotatable bonds is 8. The van der Waals surface area contributed by atoms with Crippen molar-refractivity contribution in [3.05, 3.63) is 87.9 Å². The van der Waals surface area contributed by atoms with Crippen LogP contribution in [0.1, 0.15) is 18.1 Å². The first-order chi connectivity index (χ1) is 15.5. The van der Waals surface area contributed by atoms with Gasteiger partial charge in [-0.25, -0.2) is 0 Å². The van der Waals surface area contributed by atoms with Crippen LogP contribution in [0.25, 0.3) is 11.6 Å². The minimum absolute atomic E-state index is 0.238. The van der Waals surface area contributed by atoms with Gasteiger partial charge in [-0.2, -0.15) is 5.26 Å². The molecule has 0 aliphatic rings. The molecule has 0 saturated heterocycles. The monoisotopic (exact) mass is 466 g/mol. The van der Waals surface area contributed by atoms with Crippen molar-refractivity contribution in [2.75, 3.05) is 18.5 Å². The van der Waals surface area contributed by atoms with Crippen LogP contribution in [0.5, 0.6) is 11.5 Å². The zero-order valence-electron chi connectivity index (χ0n) is 17.3. The van der Waals surface area contributed by atoms with Crippen molar-refractivity contribution in [1.82, 2.24) is 0 Å². The van der Waals surface area contributed by atoms with Crippen molar-refractivity contribution in [2.24, 2.45) is 0 Å². The first kappa shape index (κ1) is 23.2. The molecule has 0 bridgehead atoms. The number of nitriles is 1. The van der Waals surface area contributed by atoms with E-state index in [-0.39, 0.29) is 23.3 Å². The summed E-state index contributed by atoms with van der Waals surface area (Å²) in [6.07, 6.45) is 1.70. The lowest BCUT2D eigenvalue weighted by atomic mass is 10.0. The molecule has 0 aliphatic heterocycles. The lowest BCUT2D eigenvalue weighted by molar-refractivity contribution is -0.118. The van der Waals surface area contributed by atoms with Crippen LogP contribution in [0.2, 0.25) is 10.0 Å². The molecule has 0 spiro atoms. The average Bonchev–Trinajstić information content (AvgIpc) is 2.78. The van der Waals surface area contributed by atoms with Crippen LogP contribution in [0.4, 0.5) is 5.69 Å². The number of halogens is 2. The van der Waals surface area contributed by atoms with Gasteiger partial charge in [-0.1, -0.05) is 53.5 Å². The average molecular weight is 467 g/mol. The Morgan fingerprint density at radius 3 is 2.44 bits per heavy atom. The number of ether oxygens (including phenoxy) is 2. The molecular formula is C25H20Cl2N2O3. The highest BCUT2D eigenvalue weighted by Gasteiger charge is 2.15. The number of benzene rings is 3. The van der Waals surface area contributed by atoms with E-state index >= 15 is 0 Å². The van der Waals surface area contributed by atoms with E-state index in [1.54, 1.807) is 54.6 Å². The van der Waals surface area contributed by atoms with E-state index in [0.717, 1.165) is 5.56 Å². The Kier molecular flexibility index (Phi) is 8.15. The maximum absolute atomic E-state index is 12.2. The molecule has 0 atom stereocenters. The zero-order valence-corrected chi connectivity index (χ0v) is 18.8. The van der Waals surface area contributed by atoms with Crippen LogP contribution < -0.4 is 14.8 Å². The third kappa shape index (κ3) is 6.27. The van der Waals surface area contributed by atoms with Crippen LogP contribution in [-0.4, -0.2) is 19.1 Å². The van der Waals surface area contributed by atoms with Gasteiger partial charge in [0.25, 0.3) is 5.91 Å². The van der Waals surface area contributed by atoms with Gasteiger partial charge < -0.3 is 14.8 Å². The summed E-state index contributed by atoms with van der Waals surface area (Å²) in [7, 11) is 0. The molecule has 0 aromatic heterocycles. The molecule has 0 heterocycles. The van der Waals surface area contributed by atoms with E-state index in [4.69, 9.17) is 32.7 Å². The van der Waals surface area contributed by atoms with E-state index in [0.29, 0.717) is 34.2 Å². The molecule has 32 heavy (non-hydrogen) atoms. The third-order valence-corrected chi connectivity index (χ3v) is 4.86. The number of para-hydroxylation sites is 1. The van der Waals surface area contributed by atoms with E-state index in [9.17, 15) is 10.1 Å². The van der Waals surface area contributed by atoms with Gasteiger partial charge in [0, 0.05) is 10.7 Å². The second-order valence-corrected chi connectivity index (χ2v) is 7.49. The number of allylic oxidation sites excluding steroid dienone is 1. The Hall–Kier alpha value is -3.46. The van der Waals surface area contributed by atoms with Crippen molar-refractivity contribution in [3.8, 4) is 17.6 Å². The topological polar surface area (TPSA) is 71.3 Å². The van der Waals surface area contributed by atoms with Gasteiger partial charge in [0.1, 0.15) is 0 Å². The number of anilines is 1. The molecule has 7 heteroatoms. The molecule has 3 rings (SSSR count). The van der Waals surface area contributed by atoms with Crippen LogP contribution in [0.3, 0.4) is 0 Å². The molecule has 3 aromatic rings. The summed E-state index contributed by atoms with van der Waals surface area (Å²) in [6, 6.07) is 21.6. The minimum Gasteiger partial charge on any atom is -0.490 e. The van der Waals surface area contributed by atoms with E-state index in [1.807, 2.05) is 25.1 Å².